The molecule has 1 N–H and O–H groups in total. The summed E-state index contributed by atoms with van der Waals surface area (Å²) in [6.45, 7) is 0. The predicted octanol–water partition coefficient (Wildman–Crippen LogP) is 1.90. The molecule has 0 spiro atoms. The second-order valence-corrected chi connectivity index (χ2v) is 4.33. The van der Waals surface area contributed by atoms with Crippen molar-refractivity contribution in [2.75, 3.05) is 13.1 Å². The van der Waals surface area contributed by atoms with Crippen LogP contribution in [0.4, 0.5) is 4.39 Å². The fourth-order valence-corrected chi connectivity index (χ4v) is 2.24. The van der Waals surface area contributed by atoms with Crippen LogP contribution in [0.5, 0.6) is 0 Å². The summed E-state index contributed by atoms with van der Waals surface area (Å²) in [4.78, 5) is 0. The second kappa shape index (κ2) is 8.06. The Morgan fingerprint density at radius 3 is 3.12 bits per heavy atom. The summed E-state index contributed by atoms with van der Waals surface area (Å²) in [6, 6.07) is -0.374. The van der Waals surface area contributed by atoms with Crippen LogP contribution in [0.15, 0.2) is 0 Å². The maximum atomic E-state index is 11.3. The van der Waals surface area contributed by atoms with Gasteiger partial charge in [0.15, 0.2) is 0 Å². The van der Waals surface area contributed by atoms with Crippen molar-refractivity contribution in [1.29, 1.82) is 0 Å². The molecule has 8 heavy (non-hydrogen) atoms. The van der Waals surface area contributed by atoms with Crippen LogP contribution < -0.4 is 4.49 Å². The van der Waals surface area contributed by atoms with Crippen molar-refractivity contribution in [3.05, 3.63) is 0 Å². The highest BCUT2D eigenvalue weighted by Gasteiger charge is 1.82. The molecule has 0 saturated heterocycles. The molecule has 6 heteroatoms. The zero-order valence-electron chi connectivity index (χ0n) is 4.40. The van der Waals surface area contributed by atoms with E-state index in [2.05, 4.69) is 4.49 Å². The Labute approximate surface area is 56.1 Å². The predicted molar refractivity (Wildman–Crippen MR) is 40.3 cm³/mol. The molecular weight excluding hydrogens is 167 g/mol. The molecule has 2 unspecified atom stereocenters. The van der Waals surface area contributed by atoms with Gasteiger partial charge in [-0.1, -0.05) is 0 Å². The summed E-state index contributed by atoms with van der Waals surface area (Å²) in [6.07, 6.45) is 0. The minimum absolute atomic E-state index is 0.374. The molecule has 50 valence electrons. The third kappa shape index (κ3) is 7.06. The molecule has 0 bridgehead atoms. The first-order valence-corrected chi connectivity index (χ1v) is 5.77. The van der Waals surface area contributed by atoms with Gasteiger partial charge in [-0.3, -0.25) is 0 Å². The average molecular weight is 175 g/mol. The lowest BCUT2D eigenvalue weighted by Crippen LogP contribution is -1.81. The summed E-state index contributed by atoms with van der Waals surface area (Å²) in [7, 11) is 2.60. The number of hydrogen-bond acceptors (Lipinski definition) is 3. The summed E-state index contributed by atoms with van der Waals surface area (Å²) in [5, 5.41) is 0. The maximum absolute atomic E-state index is 11.3. The van der Waals surface area contributed by atoms with Gasteiger partial charge in [0, 0.05) is 15.5 Å². The number of hydrogen-bond donors (Lipinski definition) is 1. The van der Waals surface area contributed by atoms with Gasteiger partial charge in [-0.05, 0) is 11.9 Å². The lowest BCUT2D eigenvalue weighted by molar-refractivity contribution is 0.485. The smallest absolute Gasteiger partial charge is 0.149 e. The van der Waals surface area contributed by atoms with Gasteiger partial charge in [-0.2, -0.15) is 0 Å². The molecule has 0 amide bonds. The Balaban J connectivity index is 2.53. The van der Waals surface area contributed by atoms with Crippen molar-refractivity contribution in [2.24, 2.45) is 0 Å². The summed E-state index contributed by atoms with van der Waals surface area (Å²) < 4.78 is 18.8. The van der Waals surface area contributed by atoms with Crippen LogP contribution in [0.25, 0.3) is 0 Å². The van der Waals surface area contributed by atoms with Gasteiger partial charge in [0.2, 0.25) is 0 Å². The van der Waals surface area contributed by atoms with Gasteiger partial charge < -0.3 is 4.52 Å². The van der Waals surface area contributed by atoms with Gasteiger partial charge in [-0.15, -0.1) is 0 Å². The van der Waals surface area contributed by atoms with Crippen LogP contribution in [0.1, 0.15) is 0 Å². The second-order valence-electron chi connectivity index (χ2n) is 0.787. The van der Waals surface area contributed by atoms with Gasteiger partial charge in [0.05, 0.1) is 8.50 Å². The van der Waals surface area contributed by atoms with Crippen molar-refractivity contribution >= 4 is 28.9 Å². The first kappa shape index (κ1) is 9.06. The standard InChI is InChI=1S/C2H8FNOP2S/c1-5-7-6-4-8-2-3/h4,6-7H,2H2,1H3. The number of rotatable bonds is 5. The molecule has 0 aliphatic carbocycles. The lowest BCUT2D eigenvalue weighted by atomic mass is 11.8. The van der Waals surface area contributed by atoms with E-state index >= 15 is 0 Å². The van der Waals surface area contributed by atoms with Crippen LogP contribution in [0.3, 0.4) is 0 Å². The molecule has 0 aliphatic rings. The van der Waals surface area contributed by atoms with Gasteiger partial charge >= 0.3 is 0 Å². The third-order valence-corrected chi connectivity index (χ3v) is 3.57. The Hall–Kier alpha value is 1.06. The summed E-state index contributed by atoms with van der Waals surface area (Å²) >= 11 is 1.07. The van der Waals surface area contributed by atoms with E-state index in [-0.39, 0.29) is 6.01 Å². The fourth-order valence-electron chi connectivity index (χ4n) is 0.135. The zero-order chi connectivity index (χ0) is 6.24. The van der Waals surface area contributed by atoms with Crippen molar-refractivity contribution in [2.45, 2.75) is 0 Å². The van der Waals surface area contributed by atoms with E-state index in [9.17, 15) is 4.39 Å². The number of nitrogens with one attached hydrogen (secondary N) is 1. The SMILES string of the molecule is COPPNSCF. The minimum atomic E-state index is -0.374. The molecule has 0 radical (unpaired) electrons. The van der Waals surface area contributed by atoms with Gasteiger partial charge in [-0.25, -0.2) is 8.88 Å². The zero-order valence-corrected chi connectivity index (χ0v) is 7.22. The molecular formula is C2H8FNOP2S. The molecule has 0 rings (SSSR count). The van der Waals surface area contributed by atoms with E-state index in [0.29, 0.717) is 16.9 Å². The van der Waals surface area contributed by atoms with Crippen molar-refractivity contribution in [3.63, 3.8) is 0 Å². The molecule has 0 aromatic heterocycles. The van der Waals surface area contributed by atoms with Gasteiger partial charge in [0.1, 0.15) is 6.01 Å². The highest BCUT2D eigenvalue weighted by molar-refractivity contribution is 8.15. The Morgan fingerprint density at radius 2 is 2.62 bits per heavy atom. The van der Waals surface area contributed by atoms with E-state index < -0.39 is 0 Å². The number of alkyl halides is 1. The summed E-state index contributed by atoms with van der Waals surface area (Å²) in [5.41, 5.74) is 0. The van der Waals surface area contributed by atoms with Crippen molar-refractivity contribution in [3.8, 4) is 0 Å². The van der Waals surface area contributed by atoms with Gasteiger partial charge in [0.25, 0.3) is 0 Å². The molecule has 0 aromatic rings. The Kier molecular flexibility index (Phi) is 9.13. The molecule has 2 nitrogen and oxygen atoms in total. The first-order chi connectivity index (χ1) is 3.91. The Morgan fingerprint density at radius 1 is 1.88 bits per heavy atom. The molecule has 0 fully saturated rings. The van der Waals surface area contributed by atoms with E-state index in [1.165, 1.54) is 0 Å². The molecule has 0 heterocycles. The van der Waals surface area contributed by atoms with E-state index in [0.717, 1.165) is 11.9 Å². The van der Waals surface area contributed by atoms with Crippen LogP contribution in [0, 0.1) is 0 Å². The van der Waals surface area contributed by atoms with E-state index in [1.807, 2.05) is 0 Å². The van der Waals surface area contributed by atoms with E-state index in [4.69, 9.17) is 4.52 Å². The topological polar surface area (TPSA) is 21.3 Å². The Bertz CT molecular complexity index is 45.0. The van der Waals surface area contributed by atoms with Crippen molar-refractivity contribution < 1.29 is 8.91 Å². The quantitative estimate of drug-likeness (QED) is 0.391. The largest absolute Gasteiger partial charge is 0.360 e. The normalized spacial score (nSPS) is 12.8. The molecule has 0 saturated carbocycles. The van der Waals surface area contributed by atoms with Crippen LogP contribution in [-0.2, 0) is 4.52 Å². The minimum Gasteiger partial charge on any atom is -0.360 e. The third-order valence-electron chi connectivity index (χ3n) is 0.331. The van der Waals surface area contributed by atoms with Crippen LogP contribution in [-0.4, -0.2) is 13.1 Å². The lowest BCUT2D eigenvalue weighted by Gasteiger charge is -1.96. The molecule has 0 aromatic carbocycles. The number of halogens is 1. The molecule has 2 atom stereocenters. The summed E-state index contributed by atoms with van der Waals surface area (Å²) in [5.74, 6) is 0. The molecule has 0 aliphatic heterocycles. The fraction of sp³-hybridized carbons (Fsp3) is 1.00. The highest BCUT2D eigenvalue weighted by atomic mass is 32.2. The van der Waals surface area contributed by atoms with Crippen molar-refractivity contribution in [1.82, 2.24) is 4.49 Å². The average Bonchev–Trinajstić information content (AvgIpc) is 1.81. The van der Waals surface area contributed by atoms with Crippen LogP contribution in [0.2, 0.25) is 0 Å². The maximum Gasteiger partial charge on any atom is 0.149 e. The monoisotopic (exact) mass is 175 g/mol. The first-order valence-electron chi connectivity index (χ1n) is 1.87. The van der Waals surface area contributed by atoms with E-state index in [1.54, 1.807) is 7.11 Å². The highest BCUT2D eigenvalue weighted by Crippen LogP contribution is 2.34. The van der Waals surface area contributed by atoms with Crippen LogP contribution >= 0.6 is 28.9 Å².